The summed E-state index contributed by atoms with van der Waals surface area (Å²) in [5, 5.41) is 23.6. The first-order valence-corrected chi connectivity index (χ1v) is 8.16. The minimum atomic E-state index is -0.936. The Bertz CT molecular complexity index is 661. The summed E-state index contributed by atoms with van der Waals surface area (Å²) in [5.74, 6) is -2.03. The summed E-state index contributed by atoms with van der Waals surface area (Å²) in [5.41, 5.74) is -0.189. The van der Waals surface area contributed by atoms with Crippen molar-refractivity contribution in [3.63, 3.8) is 0 Å². The van der Waals surface area contributed by atoms with Crippen LogP contribution >= 0.6 is 0 Å². The first kappa shape index (κ1) is 18.6. The monoisotopic (exact) mass is 350 g/mol. The number of phenolic OH excluding ortho intramolecular Hbond substituents is 2. The van der Waals surface area contributed by atoms with Gasteiger partial charge in [0, 0.05) is 12.1 Å². The summed E-state index contributed by atoms with van der Waals surface area (Å²) in [7, 11) is 0. The number of rotatable bonds is 4. The molecule has 1 aliphatic carbocycles. The van der Waals surface area contributed by atoms with E-state index in [1.54, 1.807) is 0 Å². The predicted molar refractivity (Wildman–Crippen MR) is 88.1 cm³/mol. The average molecular weight is 350 g/mol. The Balaban J connectivity index is 1.77. The number of esters is 1. The van der Waals surface area contributed by atoms with E-state index < -0.39 is 30.3 Å². The smallest absolute Gasteiger partial charge is 0.342 e. The maximum absolute atomic E-state index is 11.8. The number of carbonyl (C=O) groups excluding carboxylic acids is 3. The van der Waals surface area contributed by atoms with Gasteiger partial charge in [-0.1, -0.05) is 19.8 Å². The van der Waals surface area contributed by atoms with Gasteiger partial charge in [0.1, 0.15) is 17.1 Å². The van der Waals surface area contributed by atoms with Crippen LogP contribution in [0.3, 0.4) is 0 Å². The molecular weight excluding hydrogens is 328 g/mol. The molecule has 0 radical (unpaired) electrons. The molecule has 0 aromatic heterocycles. The van der Waals surface area contributed by atoms with Gasteiger partial charge in [-0.2, -0.15) is 0 Å². The van der Waals surface area contributed by atoms with Crippen LogP contribution in [0.2, 0.25) is 0 Å². The minimum absolute atomic E-state index is 0.0260. The number of hydrogen-bond donors (Lipinski definition) is 4. The third kappa shape index (κ3) is 5.37. The van der Waals surface area contributed by atoms with Crippen molar-refractivity contribution < 1.29 is 29.3 Å². The zero-order valence-electron chi connectivity index (χ0n) is 13.9. The van der Waals surface area contributed by atoms with Crippen LogP contribution in [0.25, 0.3) is 0 Å². The molecule has 1 aromatic rings. The molecule has 8 nitrogen and oxygen atoms in total. The highest BCUT2D eigenvalue weighted by Gasteiger charge is 2.23. The highest BCUT2D eigenvalue weighted by Crippen LogP contribution is 2.24. The summed E-state index contributed by atoms with van der Waals surface area (Å²) in [6.07, 6.45) is 4.08. The van der Waals surface area contributed by atoms with Crippen LogP contribution in [-0.2, 0) is 9.53 Å². The Morgan fingerprint density at radius 3 is 2.60 bits per heavy atom. The number of imide groups is 1. The molecule has 1 aliphatic rings. The fourth-order valence-corrected chi connectivity index (χ4v) is 2.80. The standard InChI is InChI=1S/C17H22N2O6/c1-10-4-2-3-5-13(10)18-17(24)19-15(22)9-25-16(23)12-7-6-11(20)8-14(12)21/h6-8,10,13,20-21H,2-5,9H2,1H3,(H2,18,19,22,24). The van der Waals surface area contributed by atoms with Crippen LogP contribution in [0.1, 0.15) is 43.0 Å². The molecule has 1 saturated carbocycles. The van der Waals surface area contributed by atoms with Gasteiger partial charge in [0.05, 0.1) is 0 Å². The van der Waals surface area contributed by atoms with E-state index >= 15 is 0 Å². The molecule has 2 unspecified atom stereocenters. The SMILES string of the molecule is CC1CCCCC1NC(=O)NC(=O)COC(=O)c1ccc(O)cc1O. The number of amides is 3. The van der Waals surface area contributed by atoms with Crippen LogP contribution in [-0.4, -0.2) is 40.8 Å². The highest BCUT2D eigenvalue weighted by molar-refractivity contribution is 5.97. The van der Waals surface area contributed by atoms with Gasteiger partial charge >= 0.3 is 12.0 Å². The van der Waals surface area contributed by atoms with Crippen LogP contribution in [0.5, 0.6) is 11.5 Å². The van der Waals surface area contributed by atoms with E-state index in [2.05, 4.69) is 17.6 Å². The molecular formula is C17H22N2O6. The maximum Gasteiger partial charge on any atom is 0.342 e. The molecule has 0 heterocycles. The lowest BCUT2D eigenvalue weighted by Crippen LogP contribution is -2.48. The molecule has 3 amide bonds. The van der Waals surface area contributed by atoms with Crippen molar-refractivity contribution in [1.29, 1.82) is 0 Å². The Kier molecular flexibility index (Phi) is 6.21. The lowest BCUT2D eigenvalue weighted by Gasteiger charge is -2.29. The molecule has 2 rings (SSSR count). The van der Waals surface area contributed by atoms with Crippen molar-refractivity contribution in [3.8, 4) is 11.5 Å². The summed E-state index contributed by atoms with van der Waals surface area (Å²) in [6.45, 7) is 1.39. The van der Waals surface area contributed by atoms with E-state index in [4.69, 9.17) is 9.84 Å². The van der Waals surface area contributed by atoms with Crippen molar-refractivity contribution in [1.82, 2.24) is 10.6 Å². The number of benzene rings is 1. The van der Waals surface area contributed by atoms with Crippen LogP contribution in [0.4, 0.5) is 4.79 Å². The number of aromatic hydroxyl groups is 2. The minimum Gasteiger partial charge on any atom is -0.508 e. The van der Waals surface area contributed by atoms with Crippen molar-refractivity contribution in [2.75, 3.05) is 6.61 Å². The summed E-state index contributed by atoms with van der Waals surface area (Å²) in [4.78, 5) is 35.3. The molecule has 1 fully saturated rings. The molecule has 136 valence electrons. The van der Waals surface area contributed by atoms with E-state index in [0.29, 0.717) is 5.92 Å². The van der Waals surface area contributed by atoms with Gasteiger partial charge in [-0.05, 0) is 30.9 Å². The Morgan fingerprint density at radius 2 is 1.92 bits per heavy atom. The number of nitrogens with one attached hydrogen (secondary N) is 2. The normalized spacial score (nSPS) is 19.7. The van der Waals surface area contributed by atoms with Gasteiger partial charge in [-0.25, -0.2) is 9.59 Å². The zero-order chi connectivity index (χ0) is 18.4. The lowest BCUT2D eigenvalue weighted by atomic mass is 9.86. The second-order valence-electron chi connectivity index (χ2n) is 6.17. The largest absolute Gasteiger partial charge is 0.508 e. The number of urea groups is 1. The van der Waals surface area contributed by atoms with Crippen molar-refractivity contribution in [2.45, 2.75) is 38.6 Å². The predicted octanol–water partition coefficient (Wildman–Crippen LogP) is 1.66. The van der Waals surface area contributed by atoms with E-state index in [1.807, 2.05) is 0 Å². The second-order valence-corrected chi connectivity index (χ2v) is 6.17. The average Bonchev–Trinajstić information content (AvgIpc) is 2.54. The van der Waals surface area contributed by atoms with Crippen molar-refractivity contribution >= 4 is 17.9 Å². The number of phenols is 2. The first-order chi connectivity index (χ1) is 11.9. The van der Waals surface area contributed by atoms with E-state index in [9.17, 15) is 19.5 Å². The van der Waals surface area contributed by atoms with Crippen LogP contribution < -0.4 is 10.6 Å². The summed E-state index contributed by atoms with van der Waals surface area (Å²) >= 11 is 0. The molecule has 2 atom stereocenters. The Hall–Kier alpha value is -2.77. The molecule has 0 bridgehead atoms. The molecule has 25 heavy (non-hydrogen) atoms. The Labute approximate surface area is 145 Å². The molecule has 8 heteroatoms. The van der Waals surface area contributed by atoms with Gasteiger partial charge in [0.25, 0.3) is 5.91 Å². The second kappa shape index (κ2) is 8.36. The number of ether oxygens (including phenoxy) is 1. The highest BCUT2D eigenvalue weighted by atomic mass is 16.5. The third-order valence-corrected chi connectivity index (χ3v) is 4.22. The van der Waals surface area contributed by atoms with Gasteiger partial charge in [-0.3, -0.25) is 10.1 Å². The van der Waals surface area contributed by atoms with Crippen molar-refractivity contribution in [3.05, 3.63) is 23.8 Å². The first-order valence-electron chi connectivity index (χ1n) is 8.16. The maximum atomic E-state index is 11.8. The molecule has 4 N–H and O–H groups in total. The molecule has 1 aromatic carbocycles. The fraction of sp³-hybridized carbons (Fsp3) is 0.471. The molecule has 0 aliphatic heterocycles. The Morgan fingerprint density at radius 1 is 1.20 bits per heavy atom. The van der Waals surface area contributed by atoms with Crippen LogP contribution in [0.15, 0.2) is 18.2 Å². The zero-order valence-corrected chi connectivity index (χ0v) is 13.9. The van der Waals surface area contributed by atoms with Gasteiger partial charge in [0.15, 0.2) is 6.61 Å². The van der Waals surface area contributed by atoms with Gasteiger partial charge in [-0.15, -0.1) is 0 Å². The van der Waals surface area contributed by atoms with Gasteiger partial charge < -0.3 is 20.3 Å². The van der Waals surface area contributed by atoms with Crippen molar-refractivity contribution in [2.24, 2.45) is 5.92 Å². The van der Waals surface area contributed by atoms with E-state index in [1.165, 1.54) is 12.1 Å². The van der Waals surface area contributed by atoms with E-state index in [0.717, 1.165) is 31.7 Å². The summed E-state index contributed by atoms with van der Waals surface area (Å²) in [6, 6.07) is 2.76. The van der Waals surface area contributed by atoms with Gasteiger partial charge in [0.2, 0.25) is 0 Å². The fourth-order valence-electron chi connectivity index (χ4n) is 2.80. The molecule has 0 saturated heterocycles. The topological polar surface area (TPSA) is 125 Å². The number of carbonyl (C=O) groups is 3. The molecule has 0 spiro atoms. The lowest BCUT2D eigenvalue weighted by molar-refractivity contribution is -0.123. The third-order valence-electron chi connectivity index (χ3n) is 4.22. The van der Waals surface area contributed by atoms with E-state index in [-0.39, 0.29) is 17.4 Å². The number of hydrogen-bond acceptors (Lipinski definition) is 6. The van der Waals surface area contributed by atoms with Crippen LogP contribution in [0, 0.1) is 5.92 Å². The quantitative estimate of drug-likeness (QED) is 0.612. The summed E-state index contributed by atoms with van der Waals surface area (Å²) < 4.78 is 4.75.